The molecule has 2 aliphatic heterocycles. The number of alkyl halides is 4. The van der Waals surface area contributed by atoms with Gasteiger partial charge in [-0.15, -0.1) is 0 Å². The summed E-state index contributed by atoms with van der Waals surface area (Å²) in [4.78, 5) is 29.6. The van der Waals surface area contributed by atoms with Crippen molar-refractivity contribution < 1.29 is 32.3 Å². The Kier molecular flexibility index (Phi) is 7.52. The van der Waals surface area contributed by atoms with Gasteiger partial charge in [-0.3, -0.25) is 9.48 Å². The van der Waals surface area contributed by atoms with Crippen molar-refractivity contribution in [2.75, 3.05) is 49.1 Å². The van der Waals surface area contributed by atoms with E-state index in [1.807, 2.05) is 35.2 Å². The van der Waals surface area contributed by atoms with Crippen LogP contribution in [0.15, 0.2) is 48.7 Å². The second-order valence-electron chi connectivity index (χ2n) is 11.3. The molecular weight excluding hydrogens is 590 g/mol. The number of aromatic nitrogens is 2. The van der Waals surface area contributed by atoms with Crippen LogP contribution in [0.3, 0.4) is 0 Å². The first-order chi connectivity index (χ1) is 20.4. The standard InChI is InChI=1S/C30H30ClF4N5O3/c31-20-5-8-23(19-3-6-21(7-4-19)37-12-14-38(15-13-37)28(43)29(32)9-10-29)25(16-20)39-11-1-2-22(18-39)40-26(30(33,34)35)24(17-36-40)27(41)42/h3-8,16-17,22H,1-2,9-15,18H2,(H,41,42). The normalized spacial score (nSPS) is 20.3. The topological polar surface area (TPSA) is 81.9 Å². The zero-order chi connectivity index (χ0) is 30.5. The number of hydrogen-bond acceptors (Lipinski definition) is 5. The van der Waals surface area contributed by atoms with Crippen LogP contribution in [-0.4, -0.2) is 76.6 Å². The first-order valence-electron chi connectivity index (χ1n) is 14.2. The third kappa shape index (κ3) is 5.76. The molecule has 1 atom stereocenters. The number of piperazine rings is 1. The largest absolute Gasteiger partial charge is 0.478 e. The van der Waals surface area contributed by atoms with Crippen molar-refractivity contribution in [1.29, 1.82) is 0 Å². The number of hydrogen-bond donors (Lipinski definition) is 1. The minimum Gasteiger partial charge on any atom is -0.478 e. The molecule has 1 aliphatic carbocycles. The van der Waals surface area contributed by atoms with Crippen molar-refractivity contribution in [3.63, 3.8) is 0 Å². The molecule has 1 saturated carbocycles. The van der Waals surface area contributed by atoms with Gasteiger partial charge in [0.05, 0.1) is 12.2 Å². The van der Waals surface area contributed by atoms with Gasteiger partial charge in [0.15, 0.2) is 11.4 Å². The number of amides is 1. The number of carboxylic acid groups (broad SMARTS) is 1. The van der Waals surface area contributed by atoms with E-state index in [0.29, 0.717) is 63.4 Å². The number of carbonyl (C=O) groups excluding carboxylic acids is 1. The molecule has 2 saturated heterocycles. The summed E-state index contributed by atoms with van der Waals surface area (Å²) in [7, 11) is 0. The molecule has 3 aromatic rings. The third-order valence-electron chi connectivity index (χ3n) is 8.52. The van der Waals surface area contributed by atoms with Gasteiger partial charge in [0.1, 0.15) is 5.56 Å². The molecule has 2 aromatic carbocycles. The van der Waals surface area contributed by atoms with Crippen molar-refractivity contribution in [1.82, 2.24) is 14.7 Å². The van der Waals surface area contributed by atoms with Gasteiger partial charge in [0.2, 0.25) is 0 Å². The van der Waals surface area contributed by atoms with Crippen LogP contribution in [0.4, 0.5) is 28.9 Å². The molecule has 0 spiro atoms. The summed E-state index contributed by atoms with van der Waals surface area (Å²) in [5, 5.41) is 13.7. The molecule has 43 heavy (non-hydrogen) atoms. The second-order valence-corrected chi connectivity index (χ2v) is 11.8. The molecule has 228 valence electrons. The average Bonchev–Trinajstić information content (AvgIpc) is 3.57. The number of carbonyl (C=O) groups is 2. The van der Waals surface area contributed by atoms with Crippen LogP contribution < -0.4 is 9.80 Å². The number of anilines is 2. The maximum Gasteiger partial charge on any atom is 0.433 e. The molecule has 1 N–H and O–H groups in total. The van der Waals surface area contributed by atoms with E-state index in [-0.39, 0.29) is 6.54 Å². The molecule has 3 fully saturated rings. The zero-order valence-corrected chi connectivity index (χ0v) is 23.9. The molecule has 8 nitrogen and oxygen atoms in total. The monoisotopic (exact) mass is 619 g/mol. The highest BCUT2D eigenvalue weighted by Gasteiger charge is 2.53. The van der Waals surface area contributed by atoms with E-state index in [9.17, 15) is 32.3 Å². The van der Waals surface area contributed by atoms with E-state index in [1.165, 1.54) is 0 Å². The van der Waals surface area contributed by atoms with E-state index < -0.39 is 41.0 Å². The van der Waals surface area contributed by atoms with Crippen molar-refractivity contribution in [2.24, 2.45) is 0 Å². The minimum atomic E-state index is -4.87. The van der Waals surface area contributed by atoms with E-state index >= 15 is 0 Å². The Labute approximate surface area is 250 Å². The maximum absolute atomic E-state index is 14.2. The number of rotatable bonds is 6. The maximum atomic E-state index is 14.2. The zero-order valence-electron chi connectivity index (χ0n) is 23.2. The fourth-order valence-electron chi connectivity index (χ4n) is 6.09. The summed E-state index contributed by atoms with van der Waals surface area (Å²) in [5.41, 5.74) is -0.300. The van der Waals surface area contributed by atoms with Gasteiger partial charge in [-0.05, 0) is 55.5 Å². The first-order valence-corrected chi connectivity index (χ1v) is 14.6. The van der Waals surface area contributed by atoms with Crippen LogP contribution in [0.2, 0.25) is 5.02 Å². The Bertz CT molecular complexity index is 1530. The predicted octanol–water partition coefficient (Wildman–Crippen LogP) is 5.91. The highest BCUT2D eigenvalue weighted by Crippen LogP contribution is 2.42. The number of carboxylic acids is 1. The lowest BCUT2D eigenvalue weighted by molar-refractivity contribution is -0.145. The molecule has 3 aliphatic rings. The molecule has 6 rings (SSSR count). The predicted molar refractivity (Wildman–Crippen MR) is 153 cm³/mol. The Morgan fingerprint density at radius 3 is 2.30 bits per heavy atom. The van der Waals surface area contributed by atoms with Crippen LogP contribution in [0.5, 0.6) is 0 Å². The molecule has 3 heterocycles. The molecular formula is C30H30ClF4N5O3. The Hall–Kier alpha value is -3.80. The van der Waals surface area contributed by atoms with Crippen LogP contribution >= 0.6 is 11.6 Å². The third-order valence-corrected chi connectivity index (χ3v) is 8.75. The number of piperidine rings is 1. The van der Waals surface area contributed by atoms with Crippen molar-refractivity contribution in [2.45, 2.75) is 43.6 Å². The molecule has 1 amide bonds. The SMILES string of the molecule is O=C(O)c1cnn(C2CCCN(c3cc(Cl)ccc3-c3ccc(N4CCN(C(=O)C5(F)CC5)CC4)cc3)C2)c1C(F)(F)F. The number of halogens is 5. The fourth-order valence-corrected chi connectivity index (χ4v) is 6.25. The Morgan fingerprint density at radius 2 is 1.67 bits per heavy atom. The van der Waals surface area contributed by atoms with Crippen LogP contribution in [0.1, 0.15) is 47.8 Å². The average molecular weight is 620 g/mol. The number of benzene rings is 2. The van der Waals surface area contributed by atoms with Crippen molar-refractivity contribution >= 4 is 34.9 Å². The second kappa shape index (κ2) is 11.0. The summed E-state index contributed by atoms with van der Waals surface area (Å²) < 4.78 is 56.7. The summed E-state index contributed by atoms with van der Waals surface area (Å²) in [6.45, 7) is 2.89. The van der Waals surface area contributed by atoms with Gasteiger partial charge in [-0.2, -0.15) is 18.3 Å². The van der Waals surface area contributed by atoms with Crippen LogP contribution in [-0.2, 0) is 11.0 Å². The van der Waals surface area contributed by atoms with Gasteiger partial charge < -0.3 is 19.8 Å². The van der Waals surface area contributed by atoms with Crippen molar-refractivity contribution in [3.8, 4) is 11.1 Å². The van der Waals surface area contributed by atoms with E-state index in [4.69, 9.17) is 11.6 Å². The Morgan fingerprint density at radius 1 is 0.977 bits per heavy atom. The number of nitrogens with zero attached hydrogens (tertiary/aromatic N) is 5. The van der Waals surface area contributed by atoms with Crippen LogP contribution in [0.25, 0.3) is 11.1 Å². The smallest absolute Gasteiger partial charge is 0.433 e. The van der Waals surface area contributed by atoms with Crippen LogP contribution in [0, 0.1) is 0 Å². The highest BCUT2D eigenvalue weighted by molar-refractivity contribution is 6.31. The summed E-state index contributed by atoms with van der Waals surface area (Å²) in [6, 6.07) is 12.6. The molecule has 0 bridgehead atoms. The lowest BCUT2D eigenvalue weighted by atomic mass is 9.99. The molecule has 1 aromatic heterocycles. The molecule has 1 unspecified atom stereocenters. The van der Waals surface area contributed by atoms with Gasteiger partial charge in [-0.25, -0.2) is 9.18 Å². The summed E-state index contributed by atoms with van der Waals surface area (Å²) in [6.07, 6.45) is -2.50. The van der Waals surface area contributed by atoms with Gasteiger partial charge in [0, 0.05) is 61.2 Å². The first kappa shape index (κ1) is 29.3. The van der Waals surface area contributed by atoms with Gasteiger partial charge in [-0.1, -0.05) is 29.8 Å². The van der Waals surface area contributed by atoms with Gasteiger partial charge >= 0.3 is 12.1 Å². The highest BCUT2D eigenvalue weighted by atomic mass is 35.5. The Balaban J connectivity index is 1.21. The number of aromatic carboxylic acids is 1. The van der Waals surface area contributed by atoms with E-state index in [1.54, 1.807) is 17.0 Å². The van der Waals surface area contributed by atoms with E-state index in [2.05, 4.69) is 10.00 Å². The van der Waals surface area contributed by atoms with E-state index in [0.717, 1.165) is 33.4 Å². The fraction of sp³-hybridized carbons (Fsp3) is 0.433. The molecule has 0 radical (unpaired) electrons. The lowest BCUT2D eigenvalue weighted by Crippen LogP contribution is -2.51. The minimum absolute atomic E-state index is 0.193. The quantitative estimate of drug-likeness (QED) is 0.346. The summed E-state index contributed by atoms with van der Waals surface area (Å²) in [5.74, 6) is -2.07. The van der Waals surface area contributed by atoms with Gasteiger partial charge in [0.25, 0.3) is 5.91 Å². The molecule has 13 heteroatoms. The van der Waals surface area contributed by atoms with Crippen molar-refractivity contribution in [3.05, 3.63) is 64.9 Å². The summed E-state index contributed by atoms with van der Waals surface area (Å²) >= 11 is 6.38. The lowest BCUT2D eigenvalue weighted by Gasteiger charge is -2.37.